The van der Waals surface area contributed by atoms with E-state index in [0.29, 0.717) is 5.56 Å². The first-order valence-corrected chi connectivity index (χ1v) is 6.45. The first kappa shape index (κ1) is 16.6. The zero-order chi connectivity index (χ0) is 15.8. The van der Waals surface area contributed by atoms with Crippen LogP contribution in [0.5, 0.6) is 0 Å². The second-order valence-electron chi connectivity index (χ2n) is 4.28. The van der Waals surface area contributed by atoms with Crippen molar-refractivity contribution in [2.75, 3.05) is 13.2 Å². The molecule has 1 aromatic carbocycles. The summed E-state index contributed by atoms with van der Waals surface area (Å²) in [6.45, 7) is 1.55. The summed E-state index contributed by atoms with van der Waals surface area (Å²) in [5, 5.41) is 11.6. The van der Waals surface area contributed by atoms with E-state index < -0.39 is 29.8 Å². The van der Waals surface area contributed by atoms with Gasteiger partial charge in [0.15, 0.2) is 6.04 Å². The molecule has 114 valence electrons. The first-order valence-electron chi connectivity index (χ1n) is 6.45. The lowest BCUT2D eigenvalue weighted by atomic mass is 9.99. The topological polar surface area (TPSA) is 119 Å². The van der Waals surface area contributed by atoms with Crippen LogP contribution in [0, 0.1) is 0 Å². The SMILES string of the molecule is CCOC(=O)C(N)C(=O)NCC(C(=O)O)c1ccccc1. The van der Waals surface area contributed by atoms with Crippen molar-refractivity contribution in [2.24, 2.45) is 5.73 Å². The van der Waals surface area contributed by atoms with Gasteiger partial charge in [-0.15, -0.1) is 0 Å². The van der Waals surface area contributed by atoms with Crippen molar-refractivity contribution in [1.29, 1.82) is 0 Å². The molecule has 0 aliphatic heterocycles. The van der Waals surface area contributed by atoms with Crippen molar-refractivity contribution in [1.82, 2.24) is 5.32 Å². The van der Waals surface area contributed by atoms with Gasteiger partial charge in [-0.25, -0.2) is 4.79 Å². The Hall–Kier alpha value is -2.41. The number of amides is 1. The second kappa shape index (κ2) is 8.01. The van der Waals surface area contributed by atoms with Crippen molar-refractivity contribution >= 4 is 17.8 Å². The van der Waals surface area contributed by atoms with E-state index in [1.807, 2.05) is 0 Å². The third-order valence-corrected chi connectivity index (χ3v) is 2.80. The van der Waals surface area contributed by atoms with Crippen LogP contribution in [-0.4, -0.2) is 42.1 Å². The second-order valence-corrected chi connectivity index (χ2v) is 4.28. The summed E-state index contributed by atoms with van der Waals surface area (Å²) in [4.78, 5) is 34.2. The number of rotatable bonds is 7. The number of aliphatic carboxylic acids is 1. The number of nitrogens with one attached hydrogen (secondary N) is 1. The van der Waals surface area contributed by atoms with Gasteiger partial charge in [0.25, 0.3) is 0 Å². The molecule has 0 saturated carbocycles. The predicted octanol–water partition coefficient (Wildman–Crippen LogP) is -0.139. The van der Waals surface area contributed by atoms with Gasteiger partial charge in [-0.1, -0.05) is 30.3 Å². The number of carbonyl (C=O) groups is 3. The molecule has 4 N–H and O–H groups in total. The number of carboxylic acids is 1. The maximum absolute atomic E-state index is 11.7. The molecule has 2 atom stereocenters. The standard InChI is InChI=1S/C14H18N2O5/c1-2-21-14(20)11(15)12(17)16-8-10(13(18)19)9-6-4-3-5-7-9/h3-7,10-11H,2,8,15H2,1H3,(H,16,17)(H,18,19). The molecular formula is C14H18N2O5. The Morgan fingerprint density at radius 1 is 1.29 bits per heavy atom. The molecular weight excluding hydrogens is 276 g/mol. The summed E-state index contributed by atoms with van der Waals surface area (Å²) in [5.74, 6) is -3.60. The number of nitrogens with two attached hydrogens (primary N) is 1. The van der Waals surface area contributed by atoms with E-state index >= 15 is 0 Å². The Morgan fingerprint density at radius 2 is 1.90 bits per heavy atom. The fourth-order valence-electron chi connectivity index (χ4n) is 1.68. The largest absolute Gasteiger partial charge is 0.481 e. The third-order valence-electron chi connectivity index (χ3n) is 2.80. The molecule has 1 rings (SSSR count). The zero-order valence-electron chi connectivity index (χ0n) is 11.6. The smallest absolute Gasteiger partial charge is 0.332 e. The van der Waals surface area contributed by atoms with Crippen LogP contribution < -0.4 is 11.1 Å². The number of hydrogen-bond donors (Lipinski definition) is 3. The maximum atomic E-state index is 11.7. The summed E-state index contributed by atoms with van der Waals surface area (Å²) < 4.78 is 4.62. The van der Waals surface area contributed by atoms with Crippen LogP contribution in [-0.2, 0) is 19.1 Å². The van der Waals surface area contributed by atoms with E-state index in [0.717, 1.165) is 0 Å². The van der Waals surface area contributed by atoms with Crippen LogP contribution >= 0.6 is 0 Å². The van der Waals surface area contributed by atoms with Gasteiger partial charge >= 0.3 is 11.9 Å². The van der Waals surface area contributed by atoms with Crippen molar-refractivity contribution < 1.29 is 24.2 Å². The zero-order valence-corrected chi connectivity index (χ0v) is 11.6. The van der Waals surface area contributed by atoms with Crippen LogP contribution in [0.1, 0.15) is 18.4 Å². The van der Waals surface area contributed by atoms with E-state index in [-0.39, 0.29) is 13.2 Å². The predicted molar refractivity (Wildman–Crippen MR) is 74.4 cm³/mol. The van der Waals surface area contributed by atoms with Gasteiger partial charge in [0, 0.05) is 6.54 Å². The van der Waals surface area contributed by atoms with Crippen molar-refractivity contribution in [3.05, 3.63) is 35.9 Å². The van der Waals surface area contributed by atoms with E-state index in [4.69, 9.17) is 5.73 Å². The molecule has 1 aromatic rings. The third kappa shape index (κ3) is 4.88. The molecule has 21 heavy (non-hydrogen) atoms. The molecule has 1 amide bonds. The van der Waals surface area contributed by atoms with Gasteiger partial charge < -0.3 is 20.9 Å². The fraction of sp³-hybridized carbons (Fsp3) is 0.357. The summed E-state index contributed by atoms with van der Waals surface area (Å²) in [6.07, 6.45) is 0. The number of ether oxygens (including phenoxy) is 1. The Labute approximate surface area is 122 Å². The van der Waals surface area contributed by atoms with Gasteiger partial charge in [-0.2, -0.15) is 0 Å². The average Bonchev–Trinajstić information content (AvgIpc) is 2.47. The minimum Gasteiger partial charge on any atom is -0.481 e. The fourth-order valence-corrected chi connectivity index (χ4v) is 1.68. The van der Waals surface area contributed by atoms with E-state index in [1.165, 1.54) is 0 Å². The number of carboxylic acid groups (broad SMARTS) is 1. The lowest BCUT2D eigenvalue weighted by Gasteiger charge is -2.15. The molecule has 2 unspecified atom stereocenters. The highest BCUT2D eigenvalue weighted by Crippen LogP contribution is 2.14. The Morgan fingerprint density at radius 3 is 2.43 bits per heavy atom. The number of carbonyl (C=O) groups excluding carboxylic acids is 2. The monoisotopic (exact) mass is 294 g/mol. The molecule has 0 aromatic heterocycles. The minimum atomic E-state index is -1.46. The minimum absolute atomic E-state index is 0.113. The average molecular weight is 294 g/mol. The molecule has 0 aliphatic rings. The lowest BCUT2D eigenvalue weighted by molar-refractivity contribution is -0.147. The van der Waals surface area contributed by atoms with Crippen molar-refractivity contribution in [2.45, 2.75) is 18.9 Å². The summed E-state index contributed by atoms with van der Waals surface area (Å²) in [5.41, 5.74) is 5.96. The van der Waals surface area contributed by atoms with Gasteiger partial charge in [-0.3, -0.25) is 9.59 Å². The van der Waals surface area contributed by atoms with E-state index in [1.54, 1.807) is 37.3 Å². The van der Waals surface area contributed by atoms with E-state index in [9.17, 15) is 19.5 Å². The van der Waals surface area contributed by atoms with E-state index in [2.05, 4.69) is 10.1 Å². The Balaban J connectivity index is 2.64. The number of esters is 1. The van der Waals surface area contributed by atoms with Crippen LogP contribution in [0.4, 0.5) is 0 Å². The molecule has 7 heteroatoms. The van der Waals surface area contributed by atoms with Crippen molar-refractivity contribution in [3.63, 3.8) is 0 Å². The maximum Gasteiger partial charge on any atom is 0.332 e. The molecule has 0 fully saturated rings. The Bertz CT molecular complexity index is 503. The van der Waals surface area contributed by atoms with Crippen LogP contribution in [0.25, 0.3) is 0 Å². The molecule has 0 radical (unpaired) electrons. The number of hydrogen-bond acceptors (Lipinski definition) is 5. The summed E-state index contributed by atoms with van der Waals surface area (Å²) in [6, 6.07) is 7.01. The highest BCUT2D eigenvalue weighted by Gasteiger charge is 2.26. The normalized spacial score (nSPS) is 13.0. The molecule has 0 saturated heterocycles. The lowest BCUT2D eigenvalue weighted by Crippen LogP contribution is -2.48. The summed E-state index contributed by atoms with van der Waals surface area (Å²) in [7, 11) is 0. The van der Waals surface area contributed by atoms with Gasteiger partial charge in [0.1, 0.15) is 0 Å². The highest BCUT2D eigenvalue weighted by atomic mass is 16.5. The van der Waals surface area contributed by atoms with Gasteiger partial charge in [0.05, 0.1) is 12.5 Å². The van der Waals surface area contributed by atoms with Crippen LogP contribution in [0.2, 0.25) is 0 Å². The van der Waals surface area contributed by atoms with Crippen LogP contribution in [0.15, 0.2) is 30.3 Å². The highest BCUT2D eigenvalue weighted by molar-refractivity contribution is 6.01. The molecule has 0 heterocycles. The number of benzene rings is 1. The molecule has 0 aliphatic carbocycles. The van der Waals surface area contributed by atoms with Crippen molar-refractivity contribution in [3.8, 4) is 0 Å². The van der Waals surface area contributed by atoms with Crippen LogP contribution in [0.3, 0.4) is 0 Å². The quantitative estimate of drug-likeness (QED) is 0.476. The molecule has 7 nitrogen and oxygen atoms in total. The molecule has 0 spiro atoms. The molecule has 0 bridgehead atoms. The first-order chi connectivity index (χ1) is 9.97. The van der Waals surface area contributed by atoms with Gasteiger partial charge in [0.2, 0.25) is 5.91 Å². The van der Waals surface area contributed by atoms with Gasteiger partial charge in [-0.05, 0) is 12.5 Å². The summed E-state index contributed by atoms with van der Waals surface area (Å²) >= 11 is 0. The Kier molecular flexibility index (Phi) is 6.35.